The molecule has 1 aliphatic rings. The van der Waals surface area contributed by atoms with E-state index in [1.807, 2.05) is 60.4 Å². The van der Waals surface area contributed by atoms with Crippen LogP contribution in [-0.4, -0.2) is 54.8 Å². The van der Waals surface area contributed by atoms with Gasteiger partial charge in [0.2, 0.25) is 5.91 Å². The van der Waals surface area contributed by atoms with Gasteiger partial charge in [-0.15, -0.1) is 0 Å². The molecule has 0 spiro atoms. The minimum Gasteiger partial charge on any atom is -0.491 e. The van der Waals surface area contributed by atoms with E-state index < -0.39 is 0 Å². The van der Waals surface area contributed by atoms with Crippen LogP contribution in [0.4, 0.5) is 0 Å². The maximum Gasteiger partial charge on any atom is 0.248 e. The smallest absolute Gasteiger partial charge is 0.248 e. The van der Waals surface area contributed by atoms with E-state index in [4.69, 9.17) is 14.2 Å². The van der Waals surface area contributed by atoms with Crippen LogP contribution in [0, 0.1) is 6.92 Å². The first-order chi connectivity index (χ1) is 16.2. The number of amides is 1. The van der Waals surface area contributed by atoms with Crippen molar-refractivity contribution in [3.8, 4) is 11.5 Å². The molecular weight excluding hydrogens is 416 g/mol. The van der Waals surface area contributed by atoms with Gasteiger partial charge in [0.15, 0.2) is 0 Å². The summed E-state index contributed by atoms with van der Waals surface area (Å²) in [5.41, 5.74) is 3.22. The van der Waals surface area contributed by atoms with Crippen LogP contribution in [0.5, 0.6) is 11.5 Å². The van der Waals surface area contributed by atoms with E-state index in [9.17, 15) is 4.79 Å². The van der Waals surface area contributed by atoms with Crippen LogP contribution in [-0.2, 0) is 9.53 Å². The summed E-state index contributed by atoms with van der Waals surface area (Å²) in [4.78, 5) is 17.8. The number of para-hydroxylation sites is 2. The third kappa shape index (κ3) is 4.66. The number of carbonyl (C=O) groups excluding carboxylic acids is 1. The highest BCUT2D eigenvalue weighted by Gasteiger charge is 2.24. The van der Waals surface area contributed by atoms with Crippen molar-refractivity contribution in [3.05, 3.63) is 72.3 Å². The third-order valence-corrected chi connectivity index (χ3v) is 6.15. The normalized spacial score (nSPS) is 16.8. The number of H-pyrrole nitrogens is 1. The summed E-state index contributed by atoms with van der Waals surface area (Å²) in [6.07, 6.45) is 0.580. The molecule has 1 unspecified atom stereocenters. The van der Waals surface area contributed by atoms with Gasteiger partial charge in [0.25, 0.3) is 0 Å². The molecule has 6 nitrogen and oxygen atoms in total. The number of aryl methyl sites for hydroxylation is 1. The number of rotatable bonds is 7. The lowest BCUT2D eigenvalue weighted by atomic mass is 10.1. The highest BCUT2D eigenvalue weighted by molar-refractivity contribution is 6.10. The van der Waals surface area contributed by atoms with Crippen molar-refractivity contribution in [2.75, 3.05) is 32.9 Å². The third-order valence-electron chi connectivity index (χ3n) is 6.15. The highest BCUT2D eigenvalue weighted by atomic mass is 16.5. The second-order valence-corrected chi connectivity index (χ2v) is 8.38. The van der Waals surface area contributed by atoms with E-state index in [-0.39, 0.29) is 18.6 Å². The molecule has 1 atom stereocenters. The van der Waals surface area contributed by atoms with Crippen molar-refractivity contribution in [3.63, 3.8) is 0 Å². The molecule has 5 rings (SSSR count). The monoisotopic (exact) mass is 444 g/mol. The molecule has 0 bridgehead atoms. The number of hydrogen-bond acceptors (Lipinski definition) is 4. The minimum atomic E-state index is -0.142. The number of fused-ring (bicyclic) bond motifs is 3. The number of aromatic nitrogens is 1. The lowest BCUT2D eigenvalue weighted by molar-refractivity contribution is -0.135. The molecule has 1 aromatic heterocycles. The van der Waals surface area contributed by atoms with Gasteiger partial charge in [0.05, 0.1) is 18.2 Å². The first kappa shape index (κ1) is 21.3. The molecule has 1 amide bonds. The fourth-order valence-corrected chi connectivity index (χ4v) is 4.31. The maximum atomic E-state index is 12.5. The zero-order chi connectivity index (χ0) is 22.6. The first-order valence-corrected chi connectivity index (χ1v) is 11.4. The Kier molecular flexibility index (Phi) is 6.17. The minimum absolute atomic E-state index is 0.00962. The average Bonchev–Trinajstić information content (AvgIpc) is 3.13. The molecule has 0 aliphatic carbocycles. The van der Waals surface area contributed by atoms with Crippen LogP contribution in [0.1, 0.15) is 12.0 Å². The molecule has 0 radical (unpaired) electrons. The largest absolute Gasteiger partial charge is 0.491 e. The van der Waals surface area contributed by atoms with Gasteiger partial charge in [-0.1, -0.05) is 42.5 Å². The van der Waals surface area contributed by atoms with Crippen molar-refractivity contribution < 1.29 is 19.0 Å². The van der Waals surface area contributed by atoms with E-state index >= 15 is 0 Å². The predicted molar refractivity (Wildman–Crippen MR) is 129 cm³/mol. The number of hydrogen-bond donors (Lipinski definition) is 1. The van der Waals surface area contributed by atoms with Crippen molar-refractivity contribution in [1.82, 2.24) is 9.88 Å². The van der Waals surface area contributed by atoms with Crippen molar-refractivity contribution >= 4 is 27.7 Å². The summed E-state index contributed by atoms with van der Waals surface area (Å²) in [7, 11) is 0. The van der Waals surface area contributed by atoms with Crippen LogP contribution in [0.2, 0.25) is 0 Å². The summed E-state index contributed by atoms with van der Waals surface area (Å²) >= 11 is 0. The Balaban J connectivity index is 1.18. The van der Waals surface area contributed by atoms with Gasteiger partial charge in [0.1, 0.15) is 31.3 Å². The van der Waals surface area contributed by atoms with Gasteiger partial charge in [-0.2, -0.15) is 0 Å². The Morgan fingerprint density at radius 3 is 2.67 bits per heavy atom. The topological polar surface area (TPSA) is 63.8 Å². The number of nitrogens with one attached hydrogen (secondary N) is 1. The molecule has 6 heteroatoms. The summed E-state index contributed by atoms with van der Waals surface area (Å²) in [6, 6.07) is 22.1. The number of nitrogens with zero attached hydrogens (tertiary/aromatic N) is 1. The fourth-order valence-electron chi connectivity index (χ4n) is 4.31. The molecule has 0 saturated carbocycles. The molecule has 3 aromatic carbocycles. The first-order valence-electron chi connectivity index (χ1n) is 11.4. The second-order valence-electron chi connectivity index (χ2n) is 8.38. The lowest BCUT2D eigenvalue weighted by Crippen LogP contribution is -2.36. The van der Waals surface area contributed by atoms with E-state index in [1.54, 1.807) is 0 Å². The van der Waals surface area contributed by atoms with Gasteiger partial charge in [-0.3, -0.25) is 4.79 Å². The Bertz CT molecular complexity index is 1270. The predicted octanol–water partition coefficient (Wildman–Crippen LogP) is 4.70. The standard InChI is InChI=1S/C27H28N2O4/c1-19-7-2-5-11-24(19)31-16-15-29-14-13-20(32-18-26(29)30)17-33-25-12-6-10-23-27(25)21-8-3-4-9-22(21)28-23/h2-12,20,28H,13-18H2,1H3. The van der Waals surface area contributed by atoms with E-state index in [0.29, 0.717) is 26.3 Å². The van der Waals surface area contributed by atoms with Gasteiger partial charge in [-0.25, -0.2) is 0 Å². The van der Waals surface area contributed by atoms with Crippen molar-refractivity contribution in [1.29, 1.82) is 0 Å². The summed E-state index contributed by atoms with van der Waals surface area (Å²) in [5, 5.41) is 2.22. The highest BCUT2D eigenvalue weighted by Crippen LogP contribution is 2.33. The number of aromatic amines is 1. The molecule has 1 fully saturated rings. The van der Waals surface area contributed by atoms with E-state index in [2.05, 4.69) is 23.2 Å². The van der Waals surface area contributed by atoms with Crippen LogP contribution in [0.3, 0.4) is 0 Å². The van der Waals surface area contributed by atoms with Crippen LogP contribution in [0.25, 0.3) is 21.8 Å². The van der Waals surface area contributed by atoms with Crippen LogP contribution in [0.15, 0.2) is 66.7 Å². The number of benzene rings is 3. The Labute approximate surface area is 193 Å². The Morgan fingerprint density at radius 2 is 1.76 bits per heavy atom. The molecule has 2 heterocycles. The maximum absolute atomic E-state index is 12.5. The number of ether oxygens (including phenoxy) is 3. The molecule has 4 aromatic rings. The van der Waals surface area contributed by atoms with Crippen molar-refractivity contribution in [2.45, 2.75) is 19.4 Å². The summed E-state index contributed by atoms with van der Waals surface area (Å²) < 4.78 is 17.9. The van der Waals surface area contributed by atoms with Crippen LogP contribution < -0.4 is 9.47 Å². The molecule has 1 saturated heterocycles. The number of carbonyl (C=O) groups is 1. The van der Waals surface area contributed by atoms with E-state index in [1.165, 1.54) is 0 Å². The van der Waals surface area contributed by atoms with Gasteiger partial charge in [-0.05, 0) is 43.2 Å². The van der Waals surface area contributed by atoms with Crippen LogP contribution >= 0.6 is 0 Å². The molecule has 1 aliphatic heterocycles. The van der Waals surface area contributed by atoms with E-state index in [0.717, 1.165) is 45.3 Å². The summed E-state index contributed by atoms with van der Waals surface area (Å²) in [5.74, 6) is 1.67. The van der Waals surface area contributed by atoms with Gasteiger partial charge >= 0.3 is 0 Å². The molecule has 170 valence electrons. The summed E-state index contributed by atoms with van der Waals surface area (Å²) in [6.45, 7) is 4.11. The lowest BCUT2D eigenvalue weighted by Gasteiger charge is -2.20. The zero-order valence-electron chi connectivity index (χ0n) is 18.8. The zero-order valence-corrected chi connectivity index (χ0v) is 18.8. The average molecular weight is 445 g/mol. The molecule has 33 heavy (non-hydrogen) atoms. The molecule has 1 N–H and O–H groups in total. The molecular formula is C27H28N2O4. The van der Waals surface area contributed by atoms with Gasteiger partial charge < -0.3 is 24.1 Å². The quantitative estimate of drug-likeness (QED) is 0.449. The SMILES string of the molecule is Cc1ccccc1OCCN1CCC(COc2cccc3[nH]c4ccccc4c23)OCC1=O. The fraction of sp³-hybridized carbons (Fsp3) is 0.296. The van der Waals surface area contributed by atoms with Crippen molar-refractivity contribution in [2.24, 2.45) is 0 Å². The Hall–Kier alpha value is -3.51. The second kappa shape index (κ2) is 9.55. The van der Waals surface area contributed by atoms with Gasteiger partial charge in [0, 0.05) is 22.8 Å². The Morgan fingerprint density at radius 1 is 0.970 bits per heavy atom.